The van der Waals surface area contributed by atoms with Crippen molar-refractivity contribution in [2.24, 2.45) is 0 Å². The van der Waals surface area contributed by atoms with Crippen LogP contribution in [0.3, 0.4) is 0 Å². The van der Waals surface area contributed by atoms with Gasteiger partial charge in [-0.05, 0) is 46.0 Å². The molecule has 2 aliphatic carbocycles. The number of ether oxygens (including phenoxy) is 1. The van der Waals surface area contributed by atoms with E-state index in [1.807, 2.05) is 0 Å². The van der Waals surface area contributed by atoms with Crippen LogP contribution in [0.1, 0.15) is 46.0 Å². The maximum Gasteiger partial charge on any atom is 0.108 e. The van der Waals surface area contributed by atoms with E-state index in [0.717, 1.165) is 38.5 Å². The van der Waals surface area contributed by atoms with Crippen LogP contribution in [0.25, 0.3) is 0 Å². The molecule has 2 atom stereocenters. The lowest BCUT2D eigenvalue weighted by Gasteiger charge is -2.31. The van der Waals surface area contributed by atoms with Crippen LogP contribution < -0.4 is 5.32 Å². The number of hydrogen-bond donors (Lipinski definition) is 1. The van der Waals surface area contributed by atoms with Crippen LogP contribution in [0.2, 0.25) is 0 Å². The van der Waals surface area contributed by atoms with Gasteiger partial charge in [-0.2, -0.15) is 5.26 Å². The highest BCUT2D eigenvalue weighted by Gasteiger charge is 2.44. The number of methoxy groups -OCH3 is 1. The Balaban J connectivity index is 1.96. The quantitative estimate of drug-likeness (QED) is 0.764. The summed E-state index contributed by atoms with van der Waals surface area (Å²) in [6.07, 6.45) is 5.70. The number of nitrogens with zero attached hydrogens (tertiary/aromatic N) is 2. The van der Waals surface area contributed by atoms with Gasteiger partial charge in [-0.1, -0.05) is 0 Å². The molecule has 0 spiro atoms. The average molecular weight is 265 g/mol. The zero-order valence-corrected chi connectivity index (χ0v) is 12.5. The third kappa shape index (κ3) is 3.68. The Bertz CT molecular complexity index is 335. The zero-order chi connectivity index (χ0) is 13.9. The van der Waals surface area contributed by atoms with E-state index >= 15 is 0 Å². The summed E-state index contributed by atoms with van der Waals surface area (Å²) in [5.41, 5.74) is -0.307. The summed E-state index contributed by atoms with van der Waals surface area (Å²) >= 11 is 0. The van der Waals surface area contributed by atoms with E-state index in [4.69, 9.17) is 4.74 Å². The van der Waals surface area contributed by atoms with Crippen molar-refractivity contribution >= 4 is 0 Å². The fraction of sp³-hybridized carbons (Fsp3) is 0.933. The summed E-state index contributed by atoms with van der Waals surface area (Å²) in [5.74, 6) is 0. The Kier molecular flexibility index (Phi) is 4.83. The fourth-order valence-corrected chi connectivity index (χ4v) is 3.39. The molecule has 0 heterocycles. The van der Waals surface area contributed by atoms with Gasteiger partial charge in [-0.25, -0.2) is 0 Å². The Morgan fingerprint density at radius 1 is 1.37 bits per heavy atom. The number of rotatable bonds is 7. The van der Waals surface area contributed by atoms with Gasteiger partial charge in [-0.3, -0.25) is 10.2 Å². The second-order valence-corrected chi connectivity index (χ2v) is 6.35. The highest BCUT2D eigenvalue weighted by molar-refractivity contribution is 5.14. The Labute approximate surface area is 117 Å². The van der Waals surface area contributed by atoms with Crippen LogP contribution in [0.4, 0.5) is 0 Å². The fourth-order valence-electron chi connectivity index (χ4n) is 3.39. The topological polar surface area (TPSA) is 48.3 Å². The molecule has 0 amide bonds. The van der Waals surface area contributed by atoms with Gasteiger partial charge in [0.1, 0.15) is 5.54 Å². The van der Waals surface area contributed by atoms with Crippen LogP contribution >= 0.6 is 0 Å². The number of nitrogens with one attached hydrogen (secondary N) is 1. The standard InChI is InChI=1S/C15H27N3O/c1-12(2)17-15(11-16)7-6-14(10-15)18(8-9-19-3)13-4-5-13/h12-14,17H,4-10H2,1-3H3. The zero-order valence-electron chi connectivity index (χ0n) is 12.5. The first-order chi connectivity index (χ1) is 9.10. The minimum absolute atomic E-state index is 0.307. The maximum absolute atomic E-state index is 9.54. The Morgan fingerprint density at radius 2 is 2.11 bits per heavy atom. The molecular weight excluding hydrogens is 238 g/mol. The number of nitriles is 1. The smallest absolute Gasteiger partial charge is 0.108 e. The van der Waals surface area contributed by atoms with Gasteiger partial charge in [0.25, 0.3) is 0 Å². The molecule has 0 aromatic carbocycles. The Morgan fingerprint density at radius 3 is 2.63 bits per heavy atom. The van der Waals surface area contributed by atoms with Crippen LogP contribution in [0.15, 0.2) is 0 Å². The molecule has 4 nitrogen and oxygen atoms in total. The molecule has 2 saturated carbocycles. The lowest BCUT2D eigenvalue weighted by atomic mass is 9.98. The van der Waals surface area contributed by atoms with E-state index in [1.54, 1.807) is 7.11 Å². The van der Waals surface area contributed by atoms with Crippen molar-refractivity contribution in [1.82, 2.24) is 10.2 Å². The molecule has 0 aromatic rings. The van der Waals surface area contributed by atoms with Crippen molar-refractivity contribution in [3.8, 4) is 6.07 Å². The summed E-state index contributed by atoms with van der Waals surface area (Å²) in [6.45, 7) is 6.05. The van der Waals surface area contributed by atoms with Gasteiger partial charge in [0, 0.05) is 31.8 Å². The second-order valence-electron chi connectivity index (χ2n) is 6.35. The molecule has 2 aliphatic rings. The molecule has 0 aliphatic heterocycles. The van der Waals surface area contributed by atoms with E-state index in [-0.39, 0.29) is 5.54 Å². The van der Waals surface area contributed by atoms with Crippen molar-refractivity contribution in [3.63, 3.8) is 0 Å². The van der Waals surface area contributed by atoms with E-state index < -0.39 is 0 Å². The highest BCUT2D eigenvalue weighted by atomic mass is 16.5. The molecule has 2 fully saturated rings. The van der Waals surface area contributed by atoms with Crippen LogP contribution in [-0.4, -0.2) is 48.8 Å². The summed E-state index contributed by atoms with van der Waals surface area (Å²) in [4.78, 5) is 2.59. The van der Waals surface area contributed by atoms with Gasteiger partial charge in [-0.15, -0.1) is 0 Å². The van der Waals surface area contributed by atoms with Crippen LogP contribution in [0, 0.1) is 11.3 Å². The highest BCUT2D eigenvalue weighted by Crippen LogP contribution is 2.38. The molecule has 0 saturated heterocycles. The molecule has 0 radical (unpaired) electrons. The van der Waals surface area contributed by atoms with Crippen molar-refractivity contribution < 1.29 is 4.74 Å². The minimum atomic E-state index is -0.307. The predicted octanol–water partition coefficient (Wildman–Crippen LogP) is 1.91. The van der Waals surface area contributed by atoms with Crippen LogP contribution in [-0.2, 0) is 4.74 Å². The molecule has 2 rings (SSSR count). The van der Waals surface area contributed by atoms with Gasteiger partial charge in [0.15, 0.2) is 0 Å². The monoisotopic (exact) mass is 265 g/mol. The summed E-state index contributed by atoms with van der Waals surface area (Å²) in [5, 5.41) is 13.0. The SMILES string of the molecule is COCCN(C1CC1)C1CCC(C#N)(NC(C)C)C1. The van der Waals surface area contributed by atoms with Gasteiger partial charge < -0.3 is 4.74 Å². The van der Waals surface area contributed by atoms with Crippen molar-refractivity contribution in [2.75, 3.05) is 20.3 Å². The number of hydrogen-bond acceptors (Lipinski definition) is 4. The minimum Gasteiger partial charge on any atom is -0.383 e. The average Bonchev–Trinajstić information content (AvgIpc) is 3.12. The van der Waals surface area contributed by atoms with Crippen molar-refractivity contribution in [3.05, 3.63) is 0 Å². The first-order valence-corrected chi connectivity index (χ1v) is 7.54. The molecule has 2 unspecified atom stereocenters. The first kappa shape index (κ1) is 14.8. The van der Waals surface area contributed by atoms with E-state index in [1.165, 1.54) is 12.8 Å². The molecule has 108 valence electrons. The first-order valence-electron chi connectivity index (χ1n) is 7.54. The van der Waals surface area contributed by atoms with Gasteiger partial charge >= 0.3 is 0 Å². The molecule has 19 heavy (non-hydrogen) atoms. The van der Waals surface area contributed by atoms with Gasteiger partial charge in [0.2, 0.25) is 0 Å². The predicted molar refractivity (Wildman–Crippen MR) is 75.9 cm³/mol. The largest absolute Gasteiger partial charge is 0.383 e. The van der Waals surface area contributed by atoms with Crippen molar-refractivity contribution in [2.45, 2.75) is 69.6 Å². The lowest BCUT2D eigenvalue weighted by molar-refractivity contribution is 0.112. The molecule has 0 bridgehead atoms. The normalized spacial score (nSPS) is 31.1. The van der Waals surface area contributed by atoms with E-state index in [9.17, 15) is 5.26 Å². The van der Waals surface area contributed by atoms with Gasteiger partial charge in [0.05, 0.1) is 12.7 Å². The lowest BCUT2D eigenvalue weighted by Crippen LogP contribution is -2.47. The molecule has 4 heteroatoms. The molecular formula is C15H27N3O. The third-order valence-electron chi connectivity index (χ3n) is 4.31. The van der Waals surface area contributed by atoms with Crippen LogP contribution in [0.5, 0.6) is 0 Å². The summed E-state index contributed by atoms with van der Waals surface area (Å²) in [6, 6.07) is 4.20. The Hall–Kier alpha value is -0.630. The molecule has 0 aromatic heterocycles. The van der Waals surface area contributed by atoms with Crippen molar-refractivity contribution in [1.29, 1.82) is 5.26 Å². The second kappa shape index (κ2) is 6.21. The summed E-state index contributed by atoms with van der Waals surface area (Å²) in [7, 11) is 1.76. The third-order valence-corrected chi connectivity index (χ3v) is 4.31. The maximum atomic E-state index is 9.54. The summed E-state index contributed by atoms with van der Waals surface area (Å²) < 4.78 is 5.23. The molecule has 1 N–H and O–H groups in total. The van der Waals surface area contributed by atoms with E-state index in [0.29, 0.717) is 12.1 Å². The van der Waals surface area contributed by atoms with E-state index in [2.05, 4.69) is 30.1 Å².